The van der Waals surface area contributed by atoms with Crippen LogP contribution in [0.25, 0.3) is 11.3 Å². The van der Waals surface area contributed by atoms with Crippen molar-refractivity contribution in [3.8, 4) is 11.3 Å². The molecule has 1 aromatic heterocycles. The Balaban J connectivity index is 1.56. The molecule has 0 fully saturated rings. The van der Waals surface area contributed by atoms with E-state index in [4.69, 9.17) is 4.98 Å². The van der Waals surface area contributed by atoms with Gasteiger partial charge in [0.2, 0.25) is 5.91 Å². The summed E-state index contributed by atoms with van der Waals surface area (Å²) in [6, 6.07) is 16.5. The lowest BCUT2D eigenvalue weighted by Gasteiger charge is -2.23. The second-order valence-corrected chi connectivity index (χ2v) is 9.99. The number of aromatic nitrogens is 1. The Bertz CT molecular complexity index is 1030. The maximum absolute atomic E-state index is 12.7. The summed E-state index contributed by atoms with van der Waals surface area (Å²) >= 11 is 1.66. The first kappa shape index (κ1) is 19.6. The number of nitrogens with one attached hydrogen (secondary N) is 1. The number of rotatable bonds is 4. The van der Waals surface area contributed by atoms with E-state index in [1.54, 1.807) is 11.3 Å². The van der Waals surface area contributed by atoms with Crippen molar-refractivity contribution in [2.45, 2.75) is 40.5 Å². The van der Waals surface area contributed by atoms with Gasteiger partial charge in [-0.15, -0.1) is 11.3 Å². The highest BCUT2D eigenvalue weighted by Gasteiger charge is 2.28. The number of anilines is 3. The molecule has 4 rings (SSSR count). The molecule has 0 bridgehead atoms. The average molecular weight is 406 g/mol. The molecule has 2 aromatic carbocycles. The number of aryl methyl sites for hydroxylation is 1. The van der Waals surface area contributed by atoms with Gasteiger partial charge in [-0.1, -0.05) is 45.0 Å². The van der Waals surface area contributed by atoms with Crippen molar-refractivity contribution in [3.05, 3.63) is 59.0 Å². The molecule has 0 atom stereocenters. The van der Waals surface area contributed by atoms with E-state index in [2.05, 4.69) is 51.2 Å². The van der Waals surface area contributed by atoms with Gasteiger partial charge in [-0.3, -0.25) is 4.79 Å². The Morgan fingerprint density at radius 2 is 1.93 bits per heavy atom. The summed E-state index contributed by atoms with van der Waals surface area (Å²) in [5, 5.41) is 4.28. The molecule has 150 valence electrons. The lowest BCUT2D eigenvalue weighted by molar-refractivity contribution is -0.120. The molecule has 5 heteroatoms. The van der Waals surface area contributed by atoms with Gasteiger partial charge in [-0.05, 0) is 48.6 Å². The van der Waals surface area contributed by atoms with Crippen LogP contribution in [0.4, 0.5) is 16.5 Å². The van der Waals surface area contributed by atoms with Crippen molar-refractivity contribution in [1.29, 1.82) is 0 Å². The Hall–Kier alpha value is -2.66. The molecular weight excluding hydrogens is 378 g/mol. The number of hydrogen-bond donors (Lipinski definition) is 1. The summed E-state index contributed by atoms with van der Waals surface area (Å²) in [5.41, 5.74) is 5.45. The number of hydrogen-bond acceptors (Lipinski definition) is 4. The molecule has 1 N–H and O–H groups in total. The average Bonchev–Trinajstić information content (AvgIpc) is 3.24. The summed E-state index contributed by atoms with van der Waals surface area (Å²) in [7, 11) is 0. The van der Waals surface area contributed by atoms with Crippen LogP contribution in [0.3, 0.4) is 0 Å². The van der Waals surface area contributed by atoms with E-state index in [0.717, 1.165) is 40.7 Å². The zero-order valence-electron chi connectivity index (χ0n) is 17.5. The highest BCUT2D eigenvalue weighted by Crippen LogP contribution is 2.37. The summed E-state index contributed by atoms with van der Waals surface area (Å²) in [6.45, 7) is 9.20. The van der Waals surface area contributed by atoms with E-state index in [0.29, 0.717) is 6.42 Å². The Morgan fingerprint density at radius 3 is 2.66 bits per heavy atom. The van der Waals surface area contributed by atoms with E-state index >= 15 is 0 Å². The van der Waals surface area contributed by atoms with Crippen molar-refractivity contribution < 1.29 is 4.79 Å². The standard InChI is InChI=1S/C24H27N3OS/c1-16-22(26-23(29-16)25-19-8-6-5-7-9-19)18-10-11-20-17(14-18)12-13-27(20)21(28)15-24(2,3)4/h5-11,14H,12-13,15H2,1-4H3,(H,25,26). The van der Waals surface area contributed by atoms with E-state index in [1.165, 1.54) is 10.4 Å². The van der Waals surface area contributed by atoms with Crippen molar-refractivity contribution in [2.75, 3.05) is 16.8 Å². The maximum atomic E-state index is 12.7. The van der Waals surface area contributed by atoms with Gasteiger partial charge in [0.1, 0.15) is 0 Å². The van der Waals surface area contributed by atoms with Crippen LogP contribution in [0.15, 0.2) is 48.5 Å². The largest absolute Gasteiger partial charge is 0.332 e. The zero-order valence-corrected chi connectivity index (χ0v) is 18.3. The van der Waals surface area contributed by atoms with Crippen molar-refractivity contribution in [2.24, 2.45) is 5.41 Å². The van der Waals surface area contributed by atoms with Crippen LogP contribution in [0.1, 0.15) is 37.6 Å². The lowest BCUT2D eigenvalue weighted by Crippen LogP contribution is -2.31. The zero-order chi connectivity index (χ0) is 20.6. The monoisotopic (exact) mass is 405 g/mol. The molecule has 1 amide bonds. The number of benzene rings is 2. The fraction of sp³-hybridized carbons (Fsp3) is 0.333. The van der Waals surface area contributed by atoms with E-state index < -0.39 is 0 Å². The van der Waals surface area contributed by atoms with Gasteiger partial charge >= 0.3 is 0 Å². The number of carbonyl (C=O) groups excluding carboxylic acids is 1. The van der Waals surface area contributed by atoms with E-state index in [9.17, 15) is 4.79 Å². The fourth-order valence-electron chi connectivity index (χ4n) is 3.72. The fourth-order valence-corrected chi connectivity index (χ4v) is 4.58. The molecule has 0 radical (unpaired) electrons. The molecule has 0 spiro atoms. The third-order valence-electron chi connectivity index (χ3n) is 5.05. The number of nitrogens with zero attached hydrogens (tertiary/aromatic N) is 2. The summed E-state index contributed by atoms with van der Waals surface area (Å²) in [6.07, 6.45) is 1.46. The molecule has 1 aliphatic rings. The molecule has 0 saturated heterocycles. The minimum atomic E-state index is -0.000356. The SMILES string of the molecule is Cc1sc(Nc2ccccc2)nc1-c1ccc2c(c1)CCN2C(=O)CC(C)(C)C. The smallest absolute Gasteiger partial charge is 0.227 e. The molecule has 0 unspecified atom stereocenters. The first-order valence-electron chi connectivity index (χ1n) is 10.0. The molecule has 2 heterocycles. The third kappa shape index (κ3) is 4.35. The number of fused-ring (bicyclic) bond motifs is 1. The highest BCUT2D eigenvalue weighted by molar-refractivity contribution is 7.16. The minimum Gasteiger partial charge on any atom is -0.332 e. The highest BCUT2D eigenvalue weighted by atomic mass is 32.1. The Labute approximate surface area is 176 Å². The Morgan fingerprint density at radius 1 is 1.17 bits per heavy atom. The van der Waals surface area contributed by atoms with Crippen LogP contribution in [0, 0.1) is 12.3 Å². The molecule has 1 aliphatic heterocycles. The molecule has 0 aliphatic carbocycles. The molecule has 4 nitrogen and oxygen atoms in total. The second-order valence-electron chi connectivity index (χ2n) is 8.79. The lowest BCUT2D eigenvalue weighted by atomic mass is 9.91. The van der Waals surface area contributed by atoms with Gasteiger partial charge in [0, 0.05) is 34.8 Å². The van der Waals surface area contributed by atoms with Crippen LogP contribution in [-0.4, -0.2) is 17.4 Å². The minimum absolute atomic E-state index is 0.000356. The van der Waals surface area contributed by atoms with Gasteiger partial charge in [0.25, 0.3) is 0 Å². The van der Waals surface area contributed by atoms with Crippen LogP contribution in [-0.2, 0) is 11.2 Å². The maximum Gasteiger partial charge on any atom is 0.227 e. The molecule has 29 heavy (non-hydrogen) atoms. The third-order valence-corrected chi connectivity index (χ3v) is 5.94. The van der Waals surface area contributed by atoms with Crippen molar-refractivity contribution in [1.82, 2.24) is 4.98 Å². The first-order valence-corrected chi connectivity index (χ1v) is 10.8. The van der Waals surface area contributed by atoms with Crippen LogP contribution in [0.5, 0.6) is 0 Å². The molecule has 3 aromatic rings. The summed E-state index contributed by atoms with van der Waals surface area (Å²) < 4.78 is 0. The van der Waals surface area contributed by atoms with Gasteiger partial charge < -0.3 is 10.2 Å². The van der Waals surface area contributed by atoms with Gasteiger partial charge in [-0.25, -0.2) is 4.98 Å². The Kier molecular flexibility index (Phi) is 5.17. The predicted octanol–water partition coefficient (Wildman–Crippen LogP) is 6.19. The number of amides is 1. The topological polar surface area (TPSA) is 45.2 Å². The number of carbonyl (C=O) groups is 1. The summed E-state index contributed by atoms with van der Waals surface area (Å²) in [5.74, 6) is 0.211. The van der Waals surface area contributed by atoms with Crippen molar-refractivity contribution >= 4 is 33.8 Å². The number of thiazole rings is 1. The van der Waals surface area contributed by atoms with Gasteiger partial charge in [0.05, 0.1) is 5.69 Å². The first-order chi connectivity index (χ1) is 13.8. The van der Waals surface area contributed by atoms with E-state index in [1.807, 2.05) is 35.2 Å². The van der Waals surface area contributed by atoms with Crippen LogP contribution >= 0.6 is 11.3 Å². The van der Waals surface area contributed by atoms with Crippen LogP contribution in [0.2, 0.25) is 0 Å². The predicted molar refractivity (Wildman–Crippen MR) is 122 cm³/mol. The normalized spacial score (nSPS) is 13.4. The second kappa shape index (κ2) is 7.64. The molecular formula is C24H27N3OS. The van der Waals surface area contributed by atoms with Gasteiger partial charge in [0.15, 0.2) is 5.13 Å². The number of para-hydroxylation sites is 1. The summed E-state index contributed by atoms with van der Waals surface area (Å²) in [4.78, 5) is 20.7. The molecule has 0 saturated carbocycles. The quantitative estimate of drug-likeness (QED) is 0.563. The van der Waals surface area contributed by atoms with E-state index in [-0.39, 0.29) is 11.3 Å². The van der Waals surface area contributed by atoms with Gasteiger partial charge in [-0.2, -0.15) is 0 Å². The van der Waals surface area contributed by atoms with Crippen LogP contribution < -0.4 is 10.2 Å². The van der Waals surface area contributed by atoms with Crippen molar-refractivity contribution in [3.63, 3.8) is 0 Å².